The van der Waals surface area contributed by atoms with Crippen molar-refractivity contribution >= 4 is 26.0 Å². The van der Waals surface area contributed by atoms with Gasteiger partial charge in [0.1, 0.15) is 0 Å². The van der Waals surface area contributed by atoms with Gasteiger partial charge in [0.2, 0.25) is 10.0 Å². The third kappa shape index (κ3) is 4.41. The molecule has 0 amide bonds. The van der Waals surface area contributed by atoms with Crippen molar-refractivity contribution in [2.24, 2.45) is 0 Å². The Morgan fingerprint density at radius 2 is 2.00 bits per heavy atom. The third-order valence-electron chi connectivity index (χ3n) is 2.85. The van der Waals surface area contributed by atoms with Crippen molar-refractivity contribution in [3.63, 3.8) is 0 Å². The summed E-state index contributed by atoms with van der Waals surface area (Å²) in [4.78, 5) is 0.263. The lowest BCUT2D eigenvalue weighted by molar-refractivity contribution is 0.561. The molecule has 1 aliphatic rings. The van der Waals surface area contributed by atoms with E-state index < -0.39 is 10.0 Å². The minimum Gasteiger partial charge on any atom is -0.214 e. The van der Waals surface area contributed by atoms with E-state index in [-0.39, 0.29) is 10.1 Å². The van der Waals surface area contributed by atoms with Gasteiger partial charge in [-0.15, -0.1) is 0 Å². The van der Waals surface area contributed by atoms with Crippen molar-refractivity contribution < 1.29 is 8.42 Å². The van der Waals surface area contributed by atoms with Crippen molar-refractivity contribution in [2.75, 3.05) is 6.54 Å². The SMILES string of the molecule is CCCC(Br)CNS(=O)(=O)C1CCCC1. The number of halogens is 1. The zero-order valence-corrected chi connectivity index (χ0v) is 11.6. The van der Waals surface area contributed by atoms with E-state index in [1.54, 1.807) is 0 Å². The molecular formula is C10H20BrNO2S. The molecule has 1 fully saturated rings. The lowest BCUT2D eigenvalue weighted by Crippen LogP contribution is -2.36. The maximum atomic E-state index is 11.8. The van der Waals surface area contributed by atoms with E-state index in [0.717, 1.165) is 38.5 Å². The number of alkyl halides is 1. The summed E-state index contributed by atoms with van der Waals surface area (Å²) in [7, 11) is -3.05. The van der Waals surface area contributed by atoms with Gasteiger partial charge in [0.05, 0.1) is 5.25 Å². The van der Waals surface area contributed by atoms with Gasteiger partial charge in [-0.2, -0.15) is 0 Å². The Morgan fingerprint density at radius 1 is 1.40 bits per heavy atom. The van der Waals surface area contributed by atoms with Gasteiger partial charge in [-0.3, -0.25) is 0 Å². The predicted molar refractivity (Wildman–Crippen MR) is 66.8 cm³/mol. The quantitative estimate of drug-likeness (QED) is 0.765. The topological polar surface area (TPSA) is 46.2 Å². The number of nitrogens with one attached hydrogen (secondary N) is 1. The molecule has 1 aliphatic carbocycles. The molecule has 0 aromatic rings. The van der Waals surface area contributed by atoms with E-state index in [9.17, 15) is 8.42 Å². The van der Waals surface area contributed by atoms with Gasteiger partial charge in [0.15, 0.2) is 0 Å². The van der Waals surface area contributed by atoms with Gasteiger partial charge < -0.3 is 0 Å². The van der Waals surface area contributed by atoms with Crippen LogP contribution in [0.2, 0.25) is 0 Å². The van der Waals surface area contributed by atoms with Crippen LogP contribution < -0.4 is 4.72 Å². The molecule has 0 radical (unpaired) electrons. The molecule has 0 heterocycles. The molecule has 90 valence electrons. The molecule has 1 saturated carbocycles. The Bertz CT molecular complexity index is 273. The molecule has 0 bridgehead atoms. The maximum Gasteiger partial charge on any atom is 0.214 e. The predicted octanol–water partition coefficient (Wildman–Crippen LogP) is 2.41. The largest absolute Gasteiger partial charge is 0.214 e. The van der Waals surface area contributed by atoms with Crippen LogP contribution in [0.15, 0.2) is 0 Å². The Morgan fingerprint density at radius 3 is 2.53 bits per heavy atom. The lowest BCUT2D eigenvalue weighted by Gasteiger charge is -2.14. The number of rotatable bonds is 6. The van der Waals surface area contributed by atoms with Gasteiger partial charge in [-0.05, 0) is 19.3 Å². The van der Waals surface area contributed by atoms with Crippen molar-refractivity contribution in [1.29, 1.82) is 0 Å². The van der Waals surface area contributed by atoms with Crippen molar-refractivity contribution in [3.05, 3.63) is 0 Å². The molecule has 5 heteroatoms. The van der Waals surface area contributed by atoms with Gasteiger partial charge in [-0.25, -0.2) is 13.1 Å². The normalized spacial score (nSPS) is 20.7. The zero-order chi connectivity index (χ0) is 11.3. The monoisotopic (exact) mass is 297 g/mol. The summed E-state index contributed by atoms with van der Waals surface area (Å²) >= 11 is 3.47. The number of hydrogen-bond donors (Lipinski definition) is 1. The molecule has 15 heavy (non-hydrogen) atoms. The van der Waals surface area contributed by atoms with Crippen LogP contribution in [-0.2, 0) is 10.0 Å². The maximum absolute atomic E-state index is 11.8. The van der Waals surface area contributed by atoms with Crippen molar-refractivity contribution in [3.8, 4) is 0 Å². The van der Waals surface area contributed by atoms with Gasteiger partial charge in [0, 0.05) is 11.4 Å². The fourth-order valence-electron chi connectivity index (χ4n) is 1.94. The molecule has 1 rings (SSSR count). The molecule has 1 unspecified atom stereocenters. The third-order valence-corrected chi connectivity index (χ3v) is 5.55. The van der Waals surface area contributed by atoms with E-state index in [4.69, 9.17) is 0 Å². The summed E-state index contributed by atoms with van der Waals surface area (Å²) in [6.07, 6.45) is 5.84. The molecular weight excluding hydrogens is 278 g/mol. The summed E-state index contributed by atoms with van der Waals surface area (Å²) in [5, 5.41) is -0.140. The molecule has 0 aromatic carbocycles. The lowest BCUT2D eigenvalue weighted by atomic mass is 10.2. The van der Waals surface area contributed by atoms with Crippen molar-refractivity contribution in [2.45, 2.75) is 55.5 Å². The highest BCUT2D eigenvalue weighted by Crippen LogP contribution is 2.24. The van der Waals surface area contributed by atoms with E-state index in [1.165, 1.54) is 0 Å². The molecule has 0 aliphatic heterocycles. The molecule has 0 aromatic heterocycles. The fraction of sp³-hybridized carbons (Fsp3) is 1.00. The summed E-state index contributed by atoms with van der Waals surface area (Å²) in [6.45, 7) is 2.62. The number of hydrogen-bond acceptors (Lipinski definition) is 2. The van der Waals surface area contributed by atoms with Crippen molar-refractivity contribution in [1.82, 2.24) is 4.72 Å². The Labute approximate surface area is 101 Å². The smallest absolute Gasteiger partial charge is 0.214 e. The van der Waals surface area contributed by atoms with E-state index >= 15 is 0 Å². The van der Waals surface area contributed by atoms with Gasteiger partial charge in [-0.1, -0.05) is 42.1 Å². The minimum absolute atomic E-state index is 0.140. The fourth-order valence-corrected chi connectivity index (χ4v) is 4.40. The summed E-state index contributed by atoms with van der Waals surface area (Å²) in [5.74, 6) is 0. The summed E-state index contributed by atoms with van der Waals surface area (Å²) in [5.41, 5.74) is 0. The highest BCUT2D eigenvalue weighted by Gasteiger charge is 2.28. The van der Waals surface area contributed by atoms with Crippen LogP contribution in [0.4, 0.5) is 0 Å². The minimum atomic E-state index is -3.05. The van der Waals surface area contributed by atoms with Crippen LogP contribution in [0.1, 0.15) is 45.4 Å². The van der Waals surface area contributed by atoms with Crippen LogP contribution in [-0.4, -0.2) is 25.0 Å². The zero-order valence-electron chi connectivity index (χ0n) is 9.21. The first-order valence-electron chi connectivity index (χ1n) is 5.69. The van der Waals surface area contributed by atoms with Gasteiger partial charge in [0.25, 0.3) is 0 Å². The second-order valence-electron chi connectivity index (χ2n) is 4.19. The van der Waals surface area contributed by atoms with E-state index in [0.29, 0.717) is 6.54 Å². The molecule has 0 saturated heterocycles. The average Bonchev–Trinajstić information content (AvgIpc) is 2.69. The summed E-state index contributed by atoms with van der Waals surface area (Å²) in [6, 6.07) is 0. The highest BCUT2D eigenvalue weighted by molar-refractivity contribution is 9.09. The van der Waals surface area contributed by atoms with Crippen LogP contribution in [0.25, 0.3) is 0 Å². The second-order valence-corrected chi connectivity index (χ2v) is 7.53. The van der Waals surface area contributed by atoms with Crippen LogP contribution >= 0.6 is 15.9 Å². The van der Waals surface area contributed by atoms with Crippen LogP contribution in [0, 0.1) is 0 Å². The van der Waals surface area contributed by atoms with E-state index in [1.807, 2.05) is 0 Å². The standard InChI is InChI=1S/C10H20BrNO2S/c1-2-5-9(11)8-12-15(13,14)10-6-3-4-7-10/h9-10,12H,2-8H2,1H3. The highest BCUT2D eigenvalue weighted by atomic mass is 79.9. The van der Waals surface area contributed by atoms with Crippen LogP contribution in [0.3, 0.4) is 0 Å². The molecule has 3 nitrogen and oxygen atoms in total. The first-order chi connectivity index (χ1) is 7.06. The number of sulfonamides is 1. The van der Waals surface area contributed by atoms with E-state index in [2.05, 4.69) is 27.6 Å². The van der Waals surface area contributed by atoms with Crippen LogP contribution in [0.5, 0.6) is 0 Å². The molecule has 0 spiro atoms. The average molecular weight is 298 g/mol. The molecule has 1 N–H and O–H groups in total. The van der Waals surface area contributed by atoms with Gasteiger partial charge >= 0.3 is 0 Å². The Kier molecular flexibility index (Phi) is 5.57. The Balaban J connectivity index is 2.35. The summed E-state index contributed by atoms with van der Waals surface area (Å²) < 4.78 is 26.3. The Hall–Kier alpha value is 0.390. The first-order valence-corrected chi connectivity index (χ1v) is 8.15. The first kappa shape index (κ1) is 13.5. The second kappa shape index (κ2) is 6.21. The molecule has 1 atom stereocenters.